The van der Waals surface area contributed by atoms with E-state index in [1.54, 1.807) is 18.2 Å². The van der Waals surface area contributed by atoms with E-state index in [0.717, 1.165) is 24.8 Å². The average Bonchev–Trinajstić information content (AvgIpc) is 2.50. The first kappa shape index (κ1) is 16.6. The van der Waals surface area contributed by atoms with Gasteiger partial charge in [0.05, 0.1) is 0 Å². The SMILES string of the molecule is CC1=CCC(C=NNC(=O)COc2ccc(Cl)c(C)c2)CC1. The highest BCUT2D eigenvalue weighted by Gasteiger charge is 2.10. The van der Waals surface area contributed by atoms with E-state index in [9.17, 15) is 4.79 Å². The minimum absolute atomic E-state index is 0.0674. The monoisotopic (exact) mass is 320 g/mol. The zero-order chi connectivity index (χ0) is 15.9. The first-order valence-electron chi connectivity index (χ1n) is 7.41. The van der Waals surface area contributed by atoms with Gasteiger partial charge >= 0.3 is 0 Å². The van der Waals surface area contributed by atoms with E-state index in [1.807, 2.05) is 13.1 Å². The smallest absolute Gasteiger partial charge is 0.277 e. The lowest BCUT2D eigenvalue weighted by Crippen LogP contribution is -2.25. The Hall–Kier alpha value is -1.81. The largest absolute Gasteiger partial charge is 0.484 e. The Bertz CT molecular complexity index is 596. The molecular weight excluding hydrogens is 300 g/mol. The lowest BCUT2D eigenvalue weighted by atomic mass is 9.91. The standard InChI is InChI=1S/C17H21ClN2O2/c1-12-3-5-14(6-4-12)10-19-20-17(21)11-22-15-7-8-16(18)13(2)9-15/h3,7-10,14H,4-6,11H2,1-2H3,(H,20,21). The molecule has 1 amide bonds. The number of hydrogen-bond donors (Lipinski definition) is 1. The van der Waals surface area contributed by atoms with Crippen molar-refractivity contribution < 1.29 is 9.53 Å². The maximum Gasteiger partial charge on any atom is 0.277 e. The summed E-state index contributed by atoms with van der Waals surface area (Å²) in [5.41, 5.74) is 4.84. The Kier molecular flexibility index (Phi) is 6.01. The number of nitrogens with zero attached hydrogens (tertiary/aromatic N) is 1. The summed E-state index contributed by atoms with van der Waals surface area (Å²) in [6.45, 7) is 3.97. The van der Waals surface area contributed by atoms with Gasteiger partial charge in [0.1, 0.15) is 5.75 Å². The molecule has 1 aromatic rings. The molecule has 0 bridgehead atoms. The molecule has 1 unspecified atom stereocenters. The number of halogens is 1. The second-order valence-corrected chi connectivity index (χ2v) is 6.00. The van der Waals surface area contributed by atoms with Crippen molar-refractivity contribution in [1.29, 1.82) is 0 Å². The number of allylic oxidation sites excluding steroid dienone is 2. The lowest BCUT2D eigenvalue weighted by Gasteiger charge is -2.15. The Morgan fingerprint density at radius 2 is 2.32 bits per heavy atom. The molecule has 0 heterocycles. The highest BCUT2D eigenvalue weighted by atomic mass is 35.5. The number of benzene rings is 1. The Labute approximate surface area is 136 Å². The summed E-state index contributed by atoms with van der Waals surface area (Å²) in [7, 11) is 0. The van der Waals surface area contributed by atoms with Crippen molar-refractivity contribution in [3.8, 4) is 5.75 Å². The molecule has 0 aromatic heterocycles. The summed E-state index contributed by atoms with van der Waals surface area (Å²) < 4.78 is 5.41. The number of nitrogens with one attached hydrogen (secondary N) is 1. The molecule has 2 rings (SSSR count). The second kappa shape index (κ2) is 7.99. The van der Waals surface area contributed by atoms with E-state index in [-0.39, 0.29) is 12.5 Å². The van der Waals surface area contributed by atoms with Crippen LogP contribution in [0.15, 0.2) is 34.9 Å². The molecule has 0 saturated carbocycles. The van der Waals surface area contributed by atoms with Crippen molar-refractivity contribution in [2.75, 3.05) is 6.61 Å². The van der Waals surface area contributed by atoms with Crippen molar-refractivity contribution in [1.82, 2.24) is 5.43 Å². The first-order chi connectivity index (χ1) is 10.5. The van der Waals surface area contributed by atoms with Crippen LogP contribution >= 0.6 is 11.6 Å². The third kappa shape index (κ3) is 5.19. The molecule has 0 radical (unpaired) electrons. The van der Waals surface area contributed by atoms with Gasteiger partial charge in [-0.3, -0.25) is 4.79 Å². The minimum Gasteiger partial charge on any atom is -0.484 e. The topological polar surface area (TPSA) is 50.7 Å². The fourth-order valence-electron chi connectivity index (χ4n) is 2.22. The summed E-state index contributed by atoms with van der Waals surface area (Å²) in [5, 5.41) is 4.69. The van der Waals surface area contributed by atoms with Gasteiger partial charge in [-0.25, -0.2) is 5.43 Å². The predicted molar refractivity (Wildman–Crippen MR) is 89.4 cm³/mol. The van der Waals surface area contributed by atoms with Gasteiger partial charge in [0.25, 0.3) is 5.91 Å². The molecular formula is C17H21ClN2O2. The fraction of sp³-hybridized carbons (Fsp3) is 0.412. The Morgan fingerprint density at radius 3 is 3.00 bits per heavy atom. The Morgan fingerprint density at radius 1 is 1.50 bits per heavy atom. The van der Waals surface area contributed by atoms with Crippen LogP contribution in [0.1, 0.15) is 31.7 Å². The third-order valence-corrected chi connectivity index (χ3v) is 4.08. The van der Waals surface area contributed by atoms with Gasteiger partial charge in [-0.15, -0.1) is 0 Å². The third-order valence-electron chi connectivity index (χ3n) is 3.65. The maximum atomic E-state index is 11.7. The van der Waals surface area contributed by atoms with Crippen molar-refractivity contribution in [2.45, 2.75) is 33.1 Å². The van der Waals surface area contributed by atoms with Crippen LogP contribution < -0.4 is 10.2 Å². The first-order valence-corrected chi connectivity index (χ1v) is 7.79. The highest BCUT2D eigenvalue weighted by Crippen LogP contribution is 2.22. The summed E-state index contributed by atoms with van der Waals surface area (Å²) >= 11 is 5.94. The van der Waals surface area contributed by atoms with Gasteiger partial charge in [0, 0.05) is 11.2 Å². The van der Waals surface area contributed by atoms with Gasteiger partial charge in [0.2, 0.25) is 0 Å². The quantitative estimate of drug-likeness (QED) is 0.508. The van der Waals surface area contributed by atoms with Crippen LogP contribution in [-0.2, 0) is 4.79 Å². The van der Waals surface area contributed by atoms with E-state index < -0.39 is 0 Å². The second-order valence-electron chi connectivity index (χ2n) is 5.60. The molecule has 0 aliphatic heterocycles. The van der Waals surface area contributed by atoms with Crippen molar-refractivity contribution in [2.24, 2.45) is 11.0 Å². The normalized spacial score (nSPS) is 18.1. The molecule has 5 heteroatoms. The summed E-state index contributed by atoms with van der Waals surface area (Å²) in [4.78, 5) is 11.7. The molecule has 1 N–H and O–H groups in total. The van der Waals surface area contributed by atoms with E-state index in [2.05, 4.69) is 23.5 Å². The van der Waals surface area contributed by atoms with E-state index in [4.69, 9.17) is 16.3 Å². The van der Waals surface area contributed by atoms with Gasteiger partial charge in [-0.1, -0.05) is 23.3 Å². The molecule has 1 aliphatic carbocycles. The average molecular weight is 321 g/mol. The number of carbonyl (C=O) groups is 1. The summed E-state index contributed by atoms with van der Waals surface area (Å²) in [6.07, 6.45) is 7.22. The van der Waals surface area contributed by atoms with E-state index >= 15 is 0 Å². The van der Waals surface area contributed by atoms with E-state index in [0.29, 0.717) is 16.7 Å². The van der Waals surface area contributed by atoms with Crippen molar-refractivity contribution in [3.05, 3.63) is 40.4 Å². The van der Waals surface area contributed by atoms with Crippen molar-refractivity contribution >= 4 is 23.7 Å². The van der Waals surface area contributed by atoms with Crippen LogP contribution in [0.2, 0.25) is 5.02 Å². The number of hydrogen-bond acceptors (Lipinski definition) is 3. The number of aryl methyl sites for hydroxylation is 1. The molecule has 0 spiro atoms. The number of hydrazone groups is 1. The van der Waals surface area contributed by atoms with Crippen molar-refractivity contribution in [3.63, 3.8) is 0 Å². The zero-order valence-corrected chi connectivity index (χ0v) is 13.7. The number of amides is 1. The summed E-state index contributed by atoms with van der Waals surface area (Å²) in [5.74, 6) is 0.754. The maximum absolute atomic E-state index is 11.7. The van der Waals surface area contributed by atoms with Crippen LogP contribution in [0.3, 0.4) is 0 Å². The Balaban J connectivity index is 1.72. The zero-order valence-electron chi connectivity index (χ0n) is 12.9. The number of ether oxygens (including phenoxy) is 1. The van der Waals surface area contributed by atoms with Crippen LogP contribution in [0.5, 0.6) is 5.75 Å². The molecule has 4 nitrogen and oxygen atoms in total. The predicted octanol–water partition coefficient (Wildman–Crippen LogP) is 3.88. The highest BCUT2D eigenvalue weighted by molar-refractivity contribution is 6.31. The van der Waals surface area contributed by atoms with E-state index in [1.165, 1.54) is 5.57 Å². The minimum atomic E-state index is -0.272. The van der Waals surface area contributed by atoms with Gasteiger partial charge in [-0.05, 0) is 62.8 Å². The van der Waals surface area contributed by atoms with Crippen LogP contribution in [-0.4, -0.2) is 18.7 Å². The van der Waals surface area contributed by atoms with Crippen LogP contribution in [0.25, 0.3) is 0 Å². The molecule has 1 atom stereocenters. The molecule has 22 heavy (non-hydrogen) atoms. The van der Waals surface area contributed by atoms with Crippen LogP contribution in [0, 0.1) is 12.8 Å². The van der Waals surface area contributed by atoms with Gasteiger partial charge < -0.3 is 4.74 Å². The lowest BCUT2D eigenvalue weighted by molar-refractivity contribution is -0.123. The molecule has 1 aromatic carbocycles. The molecule has 0 fully saturated rings. The number of carbonyl (C=O) groups excluding carboxylic acids is 1. The van der Waals surface area contributed by atoms with Gasteiger partial charge in [-0.2, -0.15) is 5.10 Å². The van der Waals surface area contributed by atoms with Gasteiger partial charge in [0.15, 0.2) is 6.61 Å². The summed E-state index contributed by atoms with van der Waals surface area (Å²) in [6, 6.07) is 5.29. The number of rotatable bonds is 5. The van der Waals surface area contributed by atoms with Crippen LogP contribution in [0.4, 0.5) is 0 Å². The molecule has 0 saturated heterocycles. The molecule has 118 valence electrons. The molecule has 1 aliphatic rings. The fourth-order valence-corrected chi connectivity index (χ4v) is 2.34.